The number of rotatable bonds is 4. The highest BCUT2D eigenvalue weighted by molar-refractivity contribution is 6.43. The first-order valence-corrected chi connectivity index (χ1v) is 8.89. The fourth-order valence-electron chi connectivity index (χ4n) is 2.13. The Balaban J connectivity index is 2.68. The molecule has 1 aromatic carbocycles. The summed E-state index contributed by atoms with van der Waals surface area (Å²) in [4.78, 5) is 40.5. The molecule has 0 aliphatic heterocycles. The second-order valence-electron chi connectivity index (χ2n) is 5.62. The van der Waals surface area contributed by atoms with Gasteiger partial charge in [-0.2, -0.15) is 0 Å². The van der Waals surface area contributed by atoms with E-state index in [0.29, 0.717) is 0 Å². The second kappa shape index (κ2) is 8.39. The Morgan fingerprint density at radius 2 is 1.67 bits per heavy atom. The molecular weight excluding hydrogens is 440 g/mol. The van der Waals surface area contributed by atoms with E-state index in [1.807, 2.05) is 0 Å². The lowest BCUT2D eigenvalue weighted by atomic mass is 10.1. The lowest BCUT2D eigenvalue weighted by molar-refractivity contribution is -0.384. The zero-order valence-corrected chi connectivity index (χ0v) is 16.9. The van der Waals surface area contributed by atoms with Crippen LogP contribution in [0.3, 0.4) is 0 Å². The van der Waals surface area contributed by atoms with Crippen LogP contribution in [0.1, 0.15) is 24.2 Å². The first-order chi connectivity index (χ1) is 12.5. The van der Waals surface area contributed by atoms with Crippen molar-refractivity contribution < 1.29 is 14.5 Å². The fraction of sp³-hybridized carbons (Fsp3) is 0.188. The number of pyridine rings is 1. The molecule has 1 aromatic heterocycles. The molecule has 0 bridgehead atoms. The molecule has 2 aromatic rings. The van der Waals surface area contributed by atoms with Crippen molar-refractivity contribution in [1.82, 2.24) is 4.98 Å². The number of benzene rings is 1. The largest absolute Gasteiger partial charge is 0.274 e. The molecule has 0 saturated heterocycles. The summed E-state index contributed by atoms with van der Waals surface area (Å²) in [6.07, 6.45) is 0. The Morgan fingerprint density at radius 1 is 1.11 bits per heavy atom. The Morgan fingerprint density at radius 3 is 2.11 bits per heavy atom. The normalized spacial score (nSPS) is 10.8. The first kappa shape index (κ1) is 21.4. The monoisotopic (exact) mass is 449 g/mol. The molecular formula is C16H11Cl4N3O4. The van der Waals surface area contributed by atoms with Crippen LogP contribution in [0.4, 0.5) is 11.4 Å². The van der Waals surface area contributed by atoms with Crippen LogP contribution in [0.25, 0.3) is 0 Å². The molecule has 0 aliphatic rings. The number of halogens is 4. The van der Waals surface area contributed by atoms with Crippen molar-refractivity contribution in [2.24, 2.45) is 5.92 Å². The number of aromatic nitrogens is 1. The smallest absolute Gasteiger partial charge is 0.272 e. The molecule has 0 unspecified atom stereocenters. The molecule has 27 heavy (non-hydrogen) atoms. The molecule has 0 aliphatic carbocycles. The number of hydrogen-bond acceptors (Lipinski definition) is 5. The van der Waals surface area contributed by atoms with E-state index < -0.39 is 22.7 Å². The molecule has 1 heterocycles. The molecule has 7 nitrogen and oxygen atoms in total. The first-order valence-electron chi connectivity index (χ1n) is 7.38. The summed E-state index contributed by atoms with van der Waals surface area (Å²) in [7, 11) is 0. The Bertz CT molecular complexity index is 926. The predicted molar refractivity (Wildman–Crippen MR) is 104 cm³/mol. The van der Waals surface area contributed by atoms with Crippen LogP contribution in [-0.2, 0) is 4.79 Å². The van der Waals surface area contributed by atoms with Crippen LogP contribution in [0.5, 0.6) is 0 Å². The van der Waals surface area contributed by atoms with E-state index in [4.69, 9.17) is 46.4 Å². The summed E-state index contributed by atoms with van der Waals surface area (Å²) in [6, 6.07) is 4.63. The van der Waals surface area contributed by atoms with Gasteiger partial charge in [-0.15, -0.1) is 0 Å². The molecule has 0 N–H and O–H groups in total. The minimum absolute atomic E-state index is 0.0599. The fourth-order valence-corrected chi connectivity index (χ4v) is 3.20. The van der Waals surface area contributed by atoms with Crippen LogP contribution in [-0.4, -0.2) is 21.7 Å². The number of anilines is 1. The zero-order chi connectivity index (χ0) is 20.5. The van der Waals surface area contributed by atoms with Gasteiger partial charge in [0.05, 0.1) is 26.2 Å². The van der Waals surface area contributed by atoms with Crippen molar-refractivity contribution in [2.75, 3.05) is 4.90 Å². The zero-order valence-electron chi connectivity index (χ0n) is 13.9. The summed E-state index contributed by atoms with van der Waals surface area (Å²) in [5, 5.41) is 10.3. The van der Waals surface area contributed by atoms with E-state index in [0.717, 1.165) is 17.0 Å². The van der Waals surface area contributed by atoms with E-state index >= 15 is 0 Å². The molecule has 0 saturated carbocycles. The van der Waals surface area contributed by atoms with Gasteiger partial charge in [0, 0.05) is 18.1 Å². The maximum Gasteiger partial charge on any atom is 0.272 e. The van der Waals surface area contributed by atoms with Gasteiger partial charge in [-0.25, -0.2) is 9.88 Å². The average Bonchev–Trinajstić information content (AvgIpc) is 2.56. The van der Waals surface area contributed by atoms with Gasteiger partial charge in [0.1, 0.15) is 10.3 Å². The summed E-state index contributed by atoms with van der Waals surface area (Å²) < 4.78 is 0. The molecule has 142 valence electrons. The number of imide groups is 1. The van der Waals surface area contributed by atoms with E-state index in [9.17, 15) is 19.7 Å². The van der Waals surface area contributed by atoms with E-state index in [2.05, 4.69) is 4.98 Å². The van der Waals surface area contributed by atoms with Gasteiger partial charge in [-0.05, 0) is 12.1 Å². The lowest BCUT2D eigenvalue weighted by Crippen LogP contribution is -2.40. The van der Waals surface area contributed by atoms with Gasteiger partial charge >= 0.3 is 0 Å². The third-order valence-electron chi connectivity index (χ3n) is 3.40. The third kappa shape index (κ3) is 4.50. The molecule has 0 fully saturated rings. The van der Waals surface area contributed by atoms with Crippen LogP contribution < -0.4 is 4.90 Å². The molecule has 0 atom stereocenters. The number of carbonyl (C=O) groups excluding carboxylic acids is 2. The van der Waals surface area contributed by atoms with Gasteiger partial charge < -0.3 is 0 Å². The van der Waals surface area contributed by atoms with Gasteiger partial charge in [0.2, 0.25) is 5.91 Å². The van der Waals surface area contributed by atoms with Crippen LogP contribution >= 0.6 is 46.4 Å². The van der Waals surface area contributed by atoms with Crippen molar-refractivity contribution in [3.8, 4) is 0 Å². The molecule has 2 amide bonds. The maximum atomic E-state index is 13.0. The van der Waals surface area contributed by atoms with E-state index in [1.165, 1.54) is 12.1 Å². The van der Waals surface area contributed by atoms with Gasteiger partial charge in [-0.1, -0.05) is 60.3 Å². The van der Waals surface area contributed by atoms with Crippen LogP contribution in [0.2, 0.25) is 20.4 Å². The Hall–Kier alpha value is -1.93. The number of carbonyl (C=O) groups is 2. The Labute approximate surface area is 173 Å². The van der Waals surface area contributed by atoms with Gasteiger partial charge in [0.25, 0.3) is 11.6 Å². The lowest BCUT2D eigenvalue weighted by Gasteiger charge is -2.25. The number of amides is 2. The number of nitrogens with zero attached hydrogens (tertiary/aromatic N) is 3. The number of nitro groups is 1. The van der Waals surface area contributed by atoms with Crippen molar-refractivity contribution in [2.45, 2.75) is 13.8 Å². The number of nitro benzene ring substituents is 1. The van der Waals surface area contributed by atoms with Crippen molar-refractivity contribution in [1.29, 1.82) is 0 Å². The highest BCUT2D eigenvalue weighted by atomic mass is 35.5. The number of non-ortho nitro benzene ring substituents is 1. The highest BCUT2D eigenvalue weighted by Crippen LogP contribution is 2.39. The second-order valence-corrected chi connectivity index (χ2v) is 7.18. The topological polar surface area (TPSA) is 93.4 Å². The maximum absolute atomic E-state index is 13.0. The van der Waals surface area contributed by atoms with Gasteiger partial charge in [-0.3, -0.25) is 19.7 Å². The summed E-state index contributed by atoms with van der Waals surface area (Å²) in [5.74, 6) is -2.10. The standard InChI is InChI=1S/C16H11Cl4N3O4/c1-7(2)15(24)22(16(25)9-3-4-12(19)21-14(9)20)13-10(17)5-8(23(26)27)6-11(13)18/h3-7H,1-2H3. The van der Waals surface area contributed by atoms with Crippen molar-refractivity contribution >= 4 is 69.6 Å². The predicted octanol–water partition coefficient (Wildman–Crippen LogP) is 5.43. The SMILES string of the molecule is CC(C)C(=O)N(C(=O)c1ccc(Cl)nc1Cl)c1c(Cl)cc([N+](=O)[O-])cc1Cl. The molecule has 2 rings (SSSR count). The molecule has 11 heteroatoms. The van der Waals surface area contributed by atoms with Crippen LogP contribution in [0.15, 0.2) is 24.3 Å². The molecule has 0 radical (unpaired) electrons. The van der Waals surface area contributed by atoms with Crippen molar-refractivity contribution in [3.63, 3.8) is 0 Å². The minimum atomic E-state index is -0.847. The van der Waals surface area contributed by atoms with E-state index in [-0.39, 0.29) is 37.3 Å². The van der Waals surface area contributed by atoms with Crippen LogP contribution in [0, 0.1) is 16.0 Å². The average molecular weight is 451 g/mol. The third-order valence-corrected chi connectivity index (χ3v) is 4.47. The summed E-state index contributed by atoms with van der Waals surface area (Å²) in [5.41, 5.74) is -0.677. The quantitative estimate of drug-likeness (QED) is 0.351. The minimum Gasteiger partial charge on any atom is -0.274 e. The highest BCUT2D eigenvalue weighted by Gasteiger charge is 2.32. The van der Waals surface area contributed by atoms with E-state index in [1.54, 1.807) is 13.8 Å². The Kier molecular flexibility index (Phi) is 6.64. The summed E-state index contributed by atoms with van der Waals surface area (Å²) >= 11 is 23.9. The summed E-state index contributed by atoms with van der Waals surface area (Å²) in [6.45, 7) is 3.13. The van der Waals surface area contributed by atoms with Crippen molar-refractivity contribution in [3.05, 3.63) is 60.3 Å². The molecule has 0 spiro atoms. The van der Waals surface area contributed by atoms with Gasteiger partial charge in [0.15, 0.2) is 0 Å². The number of hydrogen-bond donors (Lipinski definition) is 0.